The molecule has 21 nitrogen and oxygen atoms in total. The molecule has 2 aromatic carbocycles. The Bertz CT molecular complexity index is 3030. The van der Waals surface area contributed by atoms with E-state index in [9.17, 15) is 16.8 Å². The van der Waals surface area contributed by atoms with E-state index >= 15 is 0 Å². The molecule has 4 N–H and O–H groups in total. The molecule has 0 saturated carbocycles. The fourth-order valence-corrected chi connectivity index (χ4v) is 12.7. The number of aromatic amines is 1. The maximum absolute atomic E-state index is 13.1. The average molecular weight is 1150 g/mol. The molecular weight excluding hydrogens is 1080 g/mol. The van der Waals surface area contributed by atoms with Gasteiger partial charge in [-0.15, -0.1) is 10.2 Å². The van der Waals surface area contributed by atoms with Gasteiger partial charge < -0.3 is 35.1 Å². The number of aryl methyl sites for hydroxylation is 2. The lowest BCUT2D eigenvalue weighted by Crippen LogP contribution is -2.45. The molecule has 25 heteroatoms. The third-order valence-corrected chi connectivity index (χ3v) is 18.6. The minimum absolute atomic E-state index is 0.0549. The summed E-state index contributed by atoms with van der Waals surface area (Å²) in [5.74, 6) is 1.29. The van der Waals surface area contributed by atoms with Crippen LogP contribution in [0.1, 0.15) is 36.8 Å². The van der Waals surface area contributed by atoms with Gasteiger partial charge in [-0.2, -0.15) is 18.6 Å². The predicted octanol–water partition coefficient (Wildman–Crippen LogP) is 7.36. The van der Waals surface area contributed by atoms with Crippen LogP contribution in [0.5, 0.6) is 11.8 Å². The minimum Gasteiger partial charge on any atom is -0.481 e. The number of anilines is 3. The number of nitrogens with zero attached hydrogens (tertiary/aromatic N) is 11. The molecule has 2 saturated heterocycles. The number of sulfonamides is 2. The van der Waals surface area contributed by atoms with Crippen LogP contribution in [-0.2, 0) is 31.5 Å². The molecule has 75 heavy (non-hydrogen) atoms. The average Bonchev–Trinajstić information content (AvgIpc) is 4.02. The van der Waals surface area contributed by atoms with Crippen molar-refractivity contribution in [2.45, 2.75) is 94.3 Å². The number of aromatic nitrogens is 8. The van der Waals surface area contributed by atoms with Gasteiger partial charge in [0.15, 0.2) is 0 Å². The summed E-state index contributed by atoms with van der Waals surface area (Å²) in [6, 6.07) is 21.1. The number of methoxy groups -OCH3 is 2. The zero-order chi connectivity index (χ0) is 54.7. The van der Waals surface area contributed by atoms with Crippen molar-refractivity contribution < 1.29 is 31.0 Å². The summed E-state index contributed by atoms with van der Waals surface area (Å²) in [6.07, 6.45) is 6.60. The zero-order valence-electron chi connectivity index (χ0n) is 44.9. The van der Waals surface area contributed by atoms with Gasteiger partial charge in [0.1, 0.15) is 6.73 Å². The Morgan fingerprint density at radius 2 is 1.28 bits per heavy atom. The molecule has 0 aliphatic carbocycles. The molecule has 8 rings (SSSR count). The molecule has 0 bridgehead atoms. The highest BCUT2D eigenvalue weighted by molar-refractivity contribution is 9.10. The quantitative estimate of drug-likeness (QED) is 0.0459. The Morgan fingerprint density at radius 3 is 1.80 bits per heavy atom. The Labute approximate surface area is 451 Å². The second-order valence-corrected chi connectivity index (χ2v) is 30.0. The van der Waals surface area contributed by atoms with E-state index in [1.54, 1.807) is 26.6 Å². The van der Waals surface area contributed by atoms with E-state index in [1.807, 2.05) is 103 Å². The number of piperidine rings is 2. The third kappa shape index (κ3) is 15.6. The van der Waals surface area contributed by atoms with Crippen molar-refractivity contribution in [3.63, 3.8) is 0 Å². The Morgan fingerprint density at radius 1 is 0.760 bits per heavy atom. The molecular formula is C50H73BrN14O7S2Si. The number of ether oxygens (including phenoxy) is 3. The molecule has 2 fully saturated rings. The lowest BCUT2D eigenvalue weighted by molar-refractivity contribution is 0.0708. The standard InChI is InChI=1S/C22H29N7O3S.C15H30BrN5O3SSi.C13H14N2O/c1-15-6-5-7-18(20(15)16-8-11-23-19(14-16)32-4)24-21-25-22(27-26-21)33(30,31)29-12-9-17(10-13-29)28(2)3;1-19(2)13-6-8-20(9-7-13)25(22,23)15-17-14(16)18-21(15)12-24-10-11-26(3,4)5;1-9-4-3-5-11(14)13(9)10-6-7-15-12(8-10)16-2/h5-8,11,14,17H,9-10,12-13H2,1-4H3,(H2,24,25,26,27);13H,6-12H2,1-5H3;3-8H,14H2,1-2H3. The van der Waals surface area contributed by atoms with Crippen LogP contribution in [0, 0.1) is 13.8 Å². The van der Waals surface area contributed by atoms with Crippen LogP contribution >= 0.6 is 15.9 Å². The highest BCUT2D eigenvalue weighted by Gasteiger charge is 2.35. The number of nitrogens with one attached hydrogen (secondary N) is 2. The summed E-state index contributed by atoms with van der Waals surface area (Å²) in [6.45, 7) is 13.4. The van der Waals surface area contributed by atoms with Crippen LogP contribution in [0.25, 0.3) is 22.3 Å². The number of H-pyrrole nitrogens is 1. The van der Waals surface area contributed by atoms with Gasteiger partial charge >= 0.3 is 0 Å². The van der Waals surface area contributed by atoms with Gasteiger partial charge in [-0.05, 0) is 136 Å². The van der Waals surface area contributed by atoms with E-state index in [0.717, 1.165) is 76.5 Å². The summed E-state index contributed by atoms with van der Waals surface area (Å²) in [4.78, 5) is 20.9. The molecule has 408 valence electrons. The number of rotatable bonds is 17. The van der Waals surface area contributed by atoms with Gasteiger partial charge in [-0.3, -0.25) is 0 Å². The van der Waals surface area contributed by atoms with Crippen molar-refractivity contribution >= 4 is 61.4 Å². The smallest absolute Gasteiger partial charge is 0.278 e. The molecule has 2 aliphatic heterocycles. The number of hydrogen-bond donors (Lipinski definition) is 3. The number of nitrogen functional groups attached to an aromatic ring is 1. The van der Waals surface area contributed by atoms with Crippen molar-refractivity contribution in [3.05, 3.63) is 88.9 Å². The van der Waals surface area contributed by atoms with Crippen molar-refractivity contribution in [3.8, 4) is 34.0 Å². The first-order valence-corrected chi connectivity index (χ1v) is 32.1. The highest BCUT2D eigenvalue weighted by atomic mass is 79.9. The molecule has 0 unspecified atom stereocenters. The third-order valence-electron chi connectivity index (χ3n) is 13.0. The number of halogens is 1. The molecule has 0 radical (unpaired) electrons. The molecule has 0 atom stereocenters. The van der Waals surface area contributed by atoms with Gasteiger partial charge in [-0.25, -0.2) is 36.6 Å². The zero-order valence-corrected chi connectivity index (χ0v) is 49.1. The van der Waals surface area contributed by atoms with E-state index in [4.69, 9.17) is 19.9 Å². The van der Waals surface area contributed by atoms with Gasteiger partial charge in [0, 0.05) is 100.0 Å². The van der Waals surface area contributed by atoms with Gasteiger partial charge in [-0.1, -0.05) is 43.9 Å². The van der Waals surface area contributed by atoms with Crippen LogP contribution < -0.4 is 20.5 Å². The Balaban J connectivity index is 0.000000194. The summed E-state index contributed by atoms with van der Waals surface area (Å²) in [5, 5.41) is 13.8. The largest absolute Gasteiger partial charge is 0.481 e. The van der Waals surface area contributed by atoms with Crippen molar-refractivity contribution in [1.29, 1.82) is 0 Å². The van der Waals surface area contributed by atoms with Crippen molar-refractivity contribution in [2.75, 3.05) is 86.2 Å². The van der Waals surface area contributed by atoms with Crippen LogP contribution in [-0.4, -0.2) is 171 Å². The lowest BCUT2D eigenvalue weighted by Gasteiger charge is -2.34. The second kappa shape index (κ2) is 26.1. The fourth-order valence-electron chi connectivity index (χ4n) is 8.67. The van der Waals surface area contributed by atoms with Crippen LogP contribution in [0.4, 0.5) is 17.3 Å². The topological polar surface area (TPSA) is 245 Å². The molecule has 4 aromatic heterocycles. The lowest BCUT2D eigenvalue weighted by atomic mass is 9.99. The summed E-state index contributed by atoms with van der Waals surface area (Å²) in [5.41, 5.74) is 13.6. The van der Waals surface area contributed by atoms with E-state index < -0.39 is 28.1 Å². The van der Waals surface area contributed by atoms with E-state index in [-0.39, 0.29) is 27.7 Å². The van der Waals surface area contributed by atoms with Crippen LogP contribution in [0.2, 0.25) is 25.7 Å². The summed E-state index contributed by atoms with van der Waals surface area (Å²) in [7, 11) is 2.65. The second-order valence-electron chi connectivity index (χ2n) is 20.0. The first-order valence-electron chi connectivity index (χ1n) is 24.7. The molecule has 2 aliphatic rings. The van der Waals surface area contributed by atoms with E-state index in [0.29, 0.717) is 56.6 Å². The number of hydrogen-bond acceptors (Lipinski definition) is 17. The fraction of sp³-hybridized carbons (Fsp3) is 0.480. The van der Waals surface area contributed by atoms with Gasteiger partial charge in [0.2, 0.25) is 22.4 Å². The number of nitrogens with two attached hydrogens (primary N) is 1. The van der Waals surface area contributed by atoms with Gasteiger partial charge in [0.05, 0.1) is 14.2 Å². The monoisotopic (exact) mass is 1150 g/mol. The SMILES string of the molecule is CN(C)C1CCN(S(=O)(=O)c2nc(Br)nn2COCC[Si](C)(C)C)CC1.COc1cc(-c2c(C)cccc2N)ccn1.COc1cc(-c2c(C)cccc2Nc2n[nH]c(S(=O)(=O)N3CCC(N(C)C)CC3)n2)ccn1. The Hall–Kier alpha value is -5.38. The summed E-state index contributed by atoms with van der Waals surface area (Å²) < 4.78 is 72.8. The maximum atomic E-state index is 13.1. The van der Waals surface area contributed by atoms with Gasteiger partial charge in [0.25, 0.3) is 30.4 Å². The van der Waals surface area contributed by atoms with Crippen LogP contribution in [0.15, 0.2) is 88.1 Å². The molecule has 0 amide bonds. The molecule has 6 aromatic rings. The molecule has 6 heterocycles. The summed E-state index contributed by atoms with van der Waals surface area (Å²) >= 11 is 3.19. The predicted molar refractivity (Wildman–Crippen MR) is 299 cm³/mol. The molecule has 0 spiro atoms. The van der Waals surface area contributed by atoms with Crippen molar-refractivity contribution in [1.82, 2.24) is 58.3 Å². The van der Waals surface area contributed by atoms with Crippen LogP contribution in [0.3, 0.4) is 0 Å². The van der Waals surface area contributed by atoms with E-state index in [1.165, 1.54) is 13.3 Å². The number of pyridine rings is 2. The minimum atomic E-state index is -3.74. The highest BCUT2D eigenvalue weighted by Crippen LogP contribution is 2.35. The van der Waals surface area contributed by atoms with Crippen molar-refractivity contribution in [2.24, 2.45) is 0 Å². The number of benzene rings is 2. The van der Waals surface area contributed by atoms with E-state index in [2.05, 4.69) is 85.9 Å². The first-order chi connectivity index (χ1) is 35.5. The normalized spacial score (nSPS) is 15.3. The Kier molecular flexibility index (Phi) is 20.5. The first kappa shape index (κ1) is 58.9. The maximum Gasteiger partial charge on any atom is 0.278 e.